The fraction of sp³-hybridized carbons (Fsp3) is 0.726. The normalized spacial score (nSPS) is 14.0. The predicted octanol–water partition coefficient (Wildman–Crippen LogP) is 17.5. The highest BCUT2D eigenvalue weighted by Gasteiger charge is 2.28. The Labute approximate surface area is 451 Å². The van der Waals surface area contributed by atoms with E-state index in [0.29, 0.717) is 19.3 Å². The minimum atomic E-state index is -4.76. The molecule has 0 amide bonds. The van der Waals surface area contributed by atoms with E-state index >= 15 is 0 Å². The minimum Gasteiger partial charge on any atom is -0.462 e. The Morgan fingerprint density at radius 3 is 1.14 bits per heavy atom. The van der Waals surface area contributed by atoms with Crippen molar-refractivity contribution in [3.63, 3.8) is 0 Å². The summed E-state index contributed by atoms with van der Waals surface area (Å²) in [5.41, 5.74) is 0. The van der Waals surface area contributed by atoms with Crippen molar-refractivity contribution < 1.29 is 52.2 Å². The van der Waals surface area contributed by atoms with Gasteiger partial charge in [0, 0.05) is 19.3 Å². The summed E-state index contributed by atoms with van der Waals surface area (Å²) in [4.78, 5) is 48.6. The second-order valence-electron chi connectivity index (χ2n) is 19.4. The number of ether oxygens (including phenoxy) is 3. The lowest BCUT2D eigenvalue weighted by molar-refractivity contribution is -0.161. The number of hydrogen-bond acceptors (Lipinski definition) is 10. The highest BCUT2D eigenvalue weighted by atomic mass is 31.2. The number of hydrogen-bond donors (Lipinski definition) is 2. The lowest BCUT2D eigenvalue weighted by Crippen LogP contribution is -2.30. The zero-order chi connectivity index (χ0) is 54.1. The quantitative estimate of drug-likeness (QED) is 0.0197. The van der Waals surface area contributed by atoms with Crippen molar-refractivity contribution >= 4 is 25.7 Å². The smallest absolute Gasteiger partial charge is 0.462 e. The molecular formula is C62H107O11P. The summed E-state index contributed by atoms with van der Waals surface area (Å²) >= 11 is 0. The minimum absolute atomic E-state index is 0.144. The van der Waals surface area contributed by atoms with Gasteiger partial charge in [0.2, 0.25) is 0 Å². The Morgan fingerprint density at radius 2 is 0.730 bits per heavy atom. The average molecular weight is 1060 g/mol. The Morgan fingerprint density at radius 1 is 0.392 bits per heavy atom. The summed E-state index contributed by atoms with van der Waals surface area (Å²) < 4.78 is 39.5. The van der Waals surface area contributed by atoms with E-state index < -0.39 is 57.8 Å². The van der Waals surface area contributed by atoms with E-state index in [1.807, 2.05) is 0 Å². The number of phosphoric ester groups is 1. The van der Waals surface area contributed by atoms with Crippen molar-refractivity contribution in [1.82, 2.24) is 0 Å². The Kier molecular flexibility index (Phi) is 53.4. The lowest BCUT2D eigenvalue weighted by atomic mass is 10.1. The van der Waals surface area contributed by atoms with E-state index in [1.54, 1.807) is 0 Å². The van der Waals surface area contributed by atoms with Crippen molar-refractivity contribution in [1.29, 1.82) is 0 Å². The molecule has 426 valence electrons. The molecule has 0 bridgehead atoms. The molecular weight excluding hydrogens is 952 g/mol. The molecule has 0 rings (SSSR count). The van der Waals surface area contributed by atoms with E-state index in [2.05, 4.69) is 106 Å². The van der Waals surface area contributed by atoms with Crippen LogP contribution in [0.15, 0.2) is 85.1 Å². The molecule has 0 aromatic rings. The summed E-state index contributed by atoms with van der Waals surface area (Å²) in [5.74, 6) is -1.50. The molecule has 12 heteroatoms. The highest BCUT2D eigenvalue weighted by Crippen LogP contribution is 2.43. The monoisotopic (exact) mass is 1060 g/mol. The summed E-state index contributed by atoms with van der Waals surface area (Å²) in [6.07, 6.45) is 63.9. The first-order chi connectivity index (χ1) is 36.2. The van der Waals surface area contributed by atoms with Crippen LogP contribution in [0.5, 0.6) is 0 Å². The van der Waals surface area contributed by atoms with E-state index in [1.165, 1.54) is 57.8 Å². The maximum atomic E-state index is 12.9. The zero-order valence-electron chi connectivity index (χ0n) is 47.0. The van der Waals surface area contributed by atoms with Gasteiger partial charge < -0.3 is 24.2 Å². The summed E-state index contributed by atoms with van der Waals surface area (Å²) in [5, 5.41) is 9.81. The van der Waals surface area contributed by atoms with Gasteiger partial charge in [0.1, 0.15) is 12.7 Å². The van der Waals surface area contributed by atoms with E-state index in [9.17, 15) is 28.9 Å². The second kappa shape index (κ2) is 55.9. The SMILES string of the molecule is CC/C=C\C/C=C\C/C=C\CCCCCCCC(=O)OC(COC(=O)CCCCCCCCCCC/C=C\C/C=C\CCCCC)COP(=O)(O)OCC(CO)OC(=O)CCCCCCC/C=C\C/C=C\CCC. The van der Waals surface area contributed by atoms with Gasteiger partial charge in [-0.3, -0.25) is 23.4 Å². The first-order valence-electron chi connectivity index (χ1n) is 29.5. The number of carbonyl (C=O) groups is 3. The number of allylic oxidation sites excluding steroid dienone is 14. The Bertz CT molecular complexity index is 1560. The largest absolute Gasteiger partial charge is 0.472 e. The molecule has 11 nitrogen and oxygen atoms in total. The third-order valence-corrected chi connectivity index (χ3v) is 13.2. The van der Waals surface area contributed by atoms with Crippen molar-refractivity contribution in [2.45, 2.75) is 264 Å². The summed E-state index contributed by atoms with van der Waals surface area (Å²) in [6.45, 7) is 4.41. The zero-order valence-corrected chi connectivity index (χ0v) is 47.9. The van der Waals surface area contributed by atoms with Gasteiger partial charge in [-0.2, -0.15) is 0 Å². The molecule has 2 N–H and O–H groups in total. The molecule has 0 heterocycles. The third kappa shape index (κ3) is 53.5. The van der Waals surface area contributed by atoms with Gasteiger partial charge in [-0.15, -0.1) is 0 Å². The molecule has 0 aliphatic rings. The van der Waals surface area contributed by atoms with Gasteiger partial charge in [0.15, 0.2) is 6.10 Å². The van der Waals surface area contributed by atoms with Crippen LogP contribution in [0.2, 0.25) is 0 Å². The Balaban J connectivity index is 4.74. The fourth-order valence-electron chi connectivity index (χ4n) is 7.79. The van der Waals surface area contributed by atoms with Crippen LogP contribution < -0.4 is 0 Å². The predicted molar refractivity (Wildman–Crippen MR) is 307 cm³/mol. The van der Waals surface area contributed by atoms with E-state index in [4.69, 9.17) is 23.3 Å². The molecule has 0 fully saturated rings. The fourth-order valence-corrected chi connectivity index (χ4v) is 8.58. The summed E-state index contributed by atoms with van der Waals surface area (Å²) in [6, 6.07) is 0. The molecule has 0 radical (unpaired) electrons. The van der Waals surface area contributed by atoms with Gasteiger partial charge in [-0.1, -0.05) is 209 Å². The van der Waals surface area contributed by atoms with Gasteiger partial charge in [-0.05, 0) is 109 Å². The standard InChI is InChI=1S/C62H107O11P/c1-4-7-10-13-16-19-22-25-27-28-29-30-32-34-36-39-42-45-48-51-60(64)69-55-59(73-62(66)53-50-47-44-41-38-35-31-26-23-20-17-14-11-8-5-2)57-71-74(67,68)70-56-58(54-63)72-61(65)52-49-46-43-40-37-33-24-21-18-15-12-9-6-3/h8,11-12,15-17,19-21,24-27,31,58-59,63H,4-7,9-10,13-14,18,22-23,28-30,32-57H2,1-3H3,(H,67,68)/b11-8-,15-12-,19-16-,20-17-,24-21-,27-25-,31-26-. The molecule has 0 aromatic heterocycles. The first-order valence-corrected chi connectivity index (χ1v) is 31.0. The van der Waals surface area contributed by atoms with Gasteiger partial charge in [0.25, 0.3) is 0 Å². The van der Waals surface area contributed by atoms with Gasteiger partial charge >= 0.3 is 25.7 Å². The first kappa shape index (κ1) is 70.7. The summed E-state index contributed by atoms with van der Waals surface area (Å²) in [7, 11) is -4.76. The number of aliphatic hydroxyl groups excluding tert-OH is 1. The van der Waals surface area contributed by atoms with E-state index in [-0.39, 0.29) is 25.9 Å². The maximum Gasteiger partial charge on any atom is 0.472 e. The van der Waals surface area contributed by atoms with Crippen LogP contribution in [-0.2, 0) is 42.2 Å². The number of rotatable bonds is 54. The van der Waals surface area contributed by atoms with Crippen LogP contribution in [0.25, 0.3) is 0 Å². The molecule has 0 aromatic carbocycles. The van der Waals surface area contributed by atoms with Crippen molar-refractivity contribution in [2.24, 2.45) is 0 Å². The van der Waals surface area contributed by atoms with Crippen molar-refractivity contribution in [2.75, 3.05) is 26.4 Å². The average Bonchev–Trinajstić information content (AvgIpc) is 3.39. The number of unbranched alkanes of at least 4 members (excludes halogenated alkanes) is 23. The van der Waals surface area contributed by atoms with Crippen LogP contribution in [-0.4, -0.2) is 66.5 Å². The van der Waals surface area contributed by atoms with Gasteiger partial charge in [-0.25, -0.2) is 4.57 Å². The van der Waals surface area contributed by atoms with Crippen LogP contribution in [0.3, 0.4) is 0 Å². The highest BCUT2D eigenvalue weighted by molar-refractivity contribution is 7.47. The molecule has 3 unspecified atom stereocenters. The number of aliphatic hydroxyl groups is 1. The van der Waals surface area contributed by atoms with E-state index in [0.717, 1.165) is 135 Å². The Hall–Kier alpha value is -3.34. The third-order valence-electron chi connectivity index (χ3n) is 12.3. The lowest BCUT2D eigenvalue weighted by Gasteiger charge is -2.21. The molecule has 0 aliphatic carbocycles. The molecule has 74 heavy (non-hydrogen) atoms. The van der Waals surface area contributed by atoms with Crippen LogP contribution in [0.1, 0.15) is 252 Å². The number of carbonyl (C=O) groups excluding carboxylic acids is 3. The molecule has 0 spiro atoms. The van der Waals surface area contributed by atoms with Crippen LogP contribution in [0.4, 0.5) is 0 Å². The number of esters is 3. The topological polar surface area (TPSA) is 155 Å². The van der Waals surface area contributed by atoms with Crippen molar-refractivity contribution in [3.05, 3.63) is 85.1 Å². The molecule has 0 saturated carbocycles. The number of phosphoric acid groups is 1. The molecule has 0 aliphatic heterocycles. The molecule has 3 atom stereocenters. The van der Waals surface area contributed by atoms with Crippen LogP contribution >= 0.6 is 7.82 Å². The van der Waals surface area contributed by atoms with Crippen LogP contribution in [0, 0.1) is 0 Å². The second-order valence-corrected chi connectivity index (χ2v) is 20.9. The van der Waals surface area contributed by atoms with Crippen molar-refractivity contribution in [3.8, 4) is 0 Å². The molecule has 0 saturated heterocycles. The van der Waals surface area contributed by atoms with Gasteiger partial charge in [0.05, 0.1) is 19.8 Å². The maximum absolute atomic E-state index is 12.9.